The highest BCUT2D eigenvalue weighted by molar-refractivity contribution is 5.68. The molecule has 1 saturated carbocycles. The van der Waals surface area contributed by atoms with Gasteiger partial charge in [-0.05, 0) is 50.8 Å². The number of carbonyl (C=O) groups is 1. The summed E-state index contributed by atoms with van der Waals surface area (Å²) in [5, 5.41) is 3.27. The Hall–Kier alpha value is -1.82. The number of piperazine rings is 1. The highest BCUT2D eigenvalue weighted by atomic mass is 19.1. The van der Waals surface area contributed by atoms with Crippen LogP contribution < -0.4 is 10.1 Å². The normalized spacial score (nSPS) is 23.9. The molecule has 1 aliphatic carbocycles. The third-order valence-corrected chi connectivity index (χ3v) is 5.62. The molecule has 0 unspecified atom stereocenters. The molecule has 0 radical (unpaired) electrons. The van der Waals surface area contributed by atoms with E-state index in [9.17, 15) is 9.18 Å². The molecule has 1 aromatic rings. The summed E-state index contributed by atoms with van der Waals surface area (Å²) in [7, 11) is 0. The molecular weight excluding hydrogens is 347 g/mol. The number of benzene rings is 1. The number of hydrogen-bond donors (Lipinski definition) is 1. The molecule has 0 spiro atoms. The van der Waals surface area contributed by atoms with Crippen LogP contribution in [0.3, 0.4) is 0 Å². The van der Waals surface area contributed by atoms with E-state index < -0.39 is 6.09 Å². The number of nitrogens with one attached hydrogen (secondary N) is 1. The van der Waals surface area contributed by atoms with Gasteiger partial charge in [0.2, 0.25) is 0 Å². The van der Waals surface area contributed by atoms with Gasteiger partial charge < -0.3 is 19.7 Å². The maximum atomic E-state index is 14.1. The van der Waals surface area contributed by atoms with E-state index in [1.165, 1.54) is 38.2 Å². The number of ether oxygens (including phenoxy) is 2. The number of nitrogens with zero attached hydrogens (tertiary/aromatic N) is 1. The van der Waals surface area contributed by atoms with E-state index in [1.54, 1.807) is 17.0 Å². The molecule has 2 fully saturated rings. The summed E-state index contributed by atoms with van der Waals surface area (Å²) >= 11 is 0. The molecular formula is C21H31FN2O3. The van der Waals surface area contributed by atoms with Gasteiger partial charge >= 0.3 is 6.09 Å². The van der Waals surface area contributed by atoms with Crippen LogP contribution in [0.1, 0.15) is 51.5 Å². The van der Waals surface area contributed by atoms with Gasteiger partial charge in [0, 0.05) is 30.7 Å². The first kappa shape index (κ1) is 19.9. The molecule has 0 bridgehead atoms. The van der Waals surface area contributed by atoms with E-state index >= 15 is 0 Å². The highest BCUT2D eigenvalue weighted by Crippen LogP contribution is 2.25. The van der Waals surface area contributed by atoms with Gasteiger partial charge in [0.05, 0.1) is 6.61 Å². The molecule has 1 amide bonds. The largest absolute Gasteiger partial charge is 0.493 e. The minimum atomic E-state index is -0.399. The maximum absolute atomic E-state index is 14.1. The van der Waals surface area contributed by atoms with E-state index in [1.807, 2.05) is 13.8 Å². The average molecular weight is 378 g/mol. The standard InChI is InChI=1S/C21H31FN2O3/c1-15-11-23-12-16(2)24(15)21(25)27-14-18-10-19(8-9-20(18)22)26-13-17-6-4-3-5-7-17/h8-10,15-17,23H,3-7,11-14H2,1-2H3/t15-,16+. The van der Waals surface area contributed by atoms with Crippen LogP contribution in [-0.4, -0.2) is 42.8 Å². The smallest absolute Gasteiger partial charge is 0.410 e. The van der Waals surface area contributed by atoms with Gasteiger partial charge in [-0.25, -0.2) is 9.18 Å². The van der Waals surface area contributed by atoms with Crippen molar-refractivity contribution >= 4 is 6.09 Å². The molecule has 1 aliphatic heterocycles. The monoisotopic (exact) mass is 378 g/mol. The first-order valence-corrected chi connectivity index (χ1v) is 10.1. The summed E-state index contributed by atoms with van der Waals surface area (Å²) in [6, 6.07) is 4.78. The zero-order chi connectivity index (χ0) is 19.2. The van der Waals surface area contributed by atoms with Crippen molar-refractivity contribution in [3.8, 4) is 5.75 Å². The maximum Gasteiger partial charge on any atom is 0.410 e. The molecule has 0 aromatic heterocycles. The van der Waals surface area contributed by atoms with Crippen molar-refractivity contribution in [3.63, 3.8) is 0 Å². The molecule has 2 aliphatic rings. The van der Waals surface area contributed by atoms with Gasteiger partial charge in [0.1, 0.15) is 18.2 Å². The summed E-state index contributed by atoms with van der Waals surface area (Å²) in [4.78, 5) is 14.2. The van der Waals surface area contributed by atoms with E-state index in [2.05, 4.69) is 5.32 Å². The molecule has 3 rings (SSSR count). The Bertz CT molecular complexity index is 624. The number of carbonyl (C=O) groups excluding carboxylic acids is 1. The second-order valence-electron chi connectivity index (χ2n) is 7.89. The summed E-state index contributed by atoms with van der Waals surface area (Å²) in [6.45, 7) is 6.00. The van der Waals surface area contributed by atoms with Crippen LogP contribution in [0.25, 0.3) is 0 Å². The Balaban J connectivity index is 1.55. The van der Waals surface area contributed by atoms with Crippen molar-refractivity contribution in [1.29, 1.82) is 0 Å². The lowest BCUT2D eigenvalue weighted by atomic mass is 9.90. The average Bonchev–Trinajstić information content (AvgIpc) is 2.67. The Morgan fingerprint density at radius 3 is 2.59 bits per heavy atom. The van der Waals surface area contributed by atoms with Crippen molar-refractivity contribution in [2.24, 2.45) is 5.92 Å². The van der Waals surface area contributed by atoms with Gasteiger partial charge in [0.25, 0.3) is 0 Å². The third-order valence-electron chi connectivity index (χ3n) is 5.62. The molecule has 150 valence electrons. The molecule has 27 heavy (non-hydrogen) atoms. The lowest BCUT2D eigenvalue weighted by Crippen LogP contribution is -2.57. The number of rotatable bonds is 5. The quantitative estimate of drug-likeness (QED) is 0.838. The highest BCUT2D eigenvalue weighted by Gasteiger charge is 2.30. The fraction of sp³-hybridized carbons (Fsp3) is 0.667. The van der Waals surface area contributed by atoms with Crippen molar-refractivity contribution < 1.29 is 18.7 Å². The second kappa shape index (κ2) is 9.40. The van der Waals surface area contributed by atoms with Crippen LogP contribution in [-0.2, 0) is 11.3 Å². The summed E-state index contributed by atoms with van der Waals surface area (Å²) in [6.07, 6.45) is 5.85. The van der Waals surface area contributed by atoms with Crippen molar-refractivity contribution in [3.05, 3.63) is 29.6 Å². The van der Waals surface area contributed by atoms with E-state index in [-0.39, 0.29) is 24.5 Å². The minimum absolute atomic E-state index is 0.0521. The summed E-state index contributed by atoms with van der Waals surface area (Å²) < 4.78 is 25.4. The Morgan fingerprint density at radius 2 is 1.89 bits per heavy atom. The first-order valence-electron chi connectivity index (χ1n) is 10.1. The van der Waals surface area contributed by atoms with Gasteiger partial charge in [-0.1, -0.05) is 19.3 Å². The molecule has 1 saturated heterocycles. The van der Waals surface area contributed by atoms with E-state index in [0.717, 1.165) is 13.1 Å². The minimum Gasteiger partial charge on any atom is -0.493 e. The van der Waals surface area contributed by atoms with Crippen molar-refractivity contribution in [2.45, 2.75) is 64.6 Å². The van der Waals surface area contributed by atoms with Crippen LogP contribution in [0, 0.1) is 11.7 Å². The molecule has 5 nitrogen and oxygen atoms in total. The van der Waals surface area contributed by atoms with Crippen LogP contribution in [0.4, 0.5) is 9.18 Å². The first-order chi connectivity index (χ1) is 13.0. The zero-order valence-electron chi connectivity index (χ0n) is 16.4. The van der Waals surface area contributed by atoms with Gasteiger partial charge in [0.15, 0.2) is 0 Å². The fourth-order valence-corrected chi connectivity index (χ4v) is 4.03. The lowest BCUT2D eigenvalue weighted by molar-refractivity contribution is 0.0557. The van der Waals surface area contributed by atoms with Gasteiger partial charge in [-0.3, -0.25) is 0 Å². The predicted octanol–water partition coefficient (Wildman–Crippen LogP) is 4.10. The fourth-order valence-electron chi connectivity index (χ4n) is 4.03. The van der Waals surface area contributed by atoms with Crippen LogP contribution >= 0.6 is 0 Å². The van der Waals surface area contributed by atoms with Crippen LogP contribution in [0.15, 0.2) is 18.2 Å². The van der Waals surface area contributed by atoms with E-state index in [0.29, 0.717) is 23.8 Å². The zero-order valence-corrected chi connectivity index (χ0v) is 16.4. The molecule has 6 heteroatoms. The molecule has 1 N–H and O–H groups in total. The SMILES string of the molecule is C[C@@H]1CNC[C@H](C)N1C(=O)OCc1cc(OCC2CCCCC2)ccc1F. The predicted molar refractivity (Wildman–Crippen MR) is 102 cm³/mol. The topological polar surface area (TPSA) is 50.8 Å². The summed E-state index contributed by atoms with van der Waals surface area (Å²) in [5.41, 5.74) is 0.347. The Morgan fingerprint density at radius 1 is 1.19 bits per heavy atom. The molecule has 1 aromatic carbocycles. The lowest BCUT2D eigenvalue weighted by Gasteiger charge is -2.38. The van der Waals surface area contributed by atoms with Crippen LogP contribution in [0.2, 0.25) is 0 Å². The van der Waals surface area contributed by atoms with E-state index in [4.69, 9.17) is 9.47 Å². The second-order valence-corrected chi connectivity index (χ2v) is 7.89. The van der Waals surface area contributed by atoms with Gasteiger partial charge in [-0.15, -0.1) is 0 Å². The van der Waals surface area contributed by atoms with Crippen LogP contribution in [0.5, 0.6) is 5.75 Å². The van der Waals surface area contributed by atoms with Gasteiger partial charge in [-0.2, -0.15) is 0 Å². The third kappa shape index (κ3) is 5.34. The Labute approximate surface area is 161 Å². The number of hydrogen-bond acceptors (Lipinski definition) is 4. The van der Waals surface area contributed by atoms with Crippen molar-refractivity contribution in [1.82, 2.24) is 10.2 Å². The van der Waals surface area contributed by atoms with Crippen molar-refractivity contribution in [2.75, 3.05) is 19.7 Å². The number of halogens is 1. The number of amides is 1. The summed E-state index contributed by atoms with van der Waals surface area (Å²) in [5.74, 6) is 0.840. The molecule has 1 heterocycles. The molecule has 2 atom stereocenters. The Kier molecular flexibility index (Phi) is 6.94.